The van der Waals surface area contributed by atoms with Gasteiger partial charge in [-0.15, -0.1) is 0 Å². The van der Waals surface area contributed by atoms with Gasteiger partial charge in [0, 0.05) is 0 Å². The monoisotopic (exact) mass is 698 g/mol. The molecule has 5 aromatic rings. The molecule has 5 aromatic carbocycles. The average molecular weight is 699 g/mol. The molecule has 54 heavy (non-hydrogen) atoms. The van der Waals surface area contributed by atoms with Crippen LogP contribution >= 0.6 is 0 Å². The van der Waals surface area contributed by atoms with Gasteiger partial charge in [-0.25, -0.2) is 0 Å². The van der Waals surface area contributed by atoms with Gasteiger partial charge in [-0.3, -0.25) is 0 Å². The van der Waals surface area contributed by atoms with E-state index in [1.165, 1.54) is 72.4 Å². The standard InChI is InChI=1S/C54H50/c1-8-13-26-46(12-5)54(47-27-18-15-19-28-47)51-31-21-20-29-50(51)53-49(30-22-32-52(53)54)45-37-42(36-44(38-45)43-24-16-14-17-25-43)35-41(11-4)34-33-40(7)48(23-9-2)39(6)10-3/h8-34,36-38H,1,3-4,35H2,2,5-7H3/b23-9-,26-13-,40-33+,41-34+,46-12+,48-39+. The van der Waals surface area contributed by atoms with Crippen molar-refractivity contribution in [2.75, 3.05) is 0 Å². The molecule has 0 bridgehead atoms. The summed E-state index contributed by atoms with van der Waals surface area (Å²) in [4.78, 5) is 0. The average Bonchev–Trinajstić information content (AvgIpc) is 3.53. The predicted molar refractivity (Wildman–Crippen MR) is 236 cm³/mol. The Morgan fingerprint density at radius 2 is 1.30 bits per heavy atom. The number of hydrogen-bond acceptors (Lipinski definition) is 0. The molecule has 6 rings (SSSR count). The molecule has 0 saturated carbocycles. The van der Waals surface area contributed by atoms with Gasteiger partial charge in [0.15, 0.2) is 0 Å². The highest BCUT2D eigenvalue weighted by molar-refractivity contribution is 5.96. The minimum Gasteiger partial charge on any atom is -0.0991 e. The van der Waals surface area contributed by atoms with Gasteiger partial charge in [0.25, 0.3) is 0 Å². The zero-order valence-corrected chi connectivity index (χ0v) is 32.1. The van der Waals surface area contributed by atoms with Gasteiger partial charge >= 0.3 is 0 Å². The maximum atomic E-state index is 4.23. The Kier molecular flexibility index (Phi) is 11.9. The number of rotatable bonds is 13. The molecule has 0 saturated heterocycles. The van der Waals surface area contributed by atoms with Crippen molar-refractivity contribution in [1.82, 2.24) is 0 Å². The molecule has 1 unspecified atom stereocenters. The summed E-state index contributed by atoms with van der Waals surface area (Å²) < 4.78 is 0. The van der Waals surface area contributed by atoms with Gasteiger partial charge < -0.3 is 0 Å². The van der Waals surface area contributed by atoms with Gasteiger partial charge in [0.1, 0.15) is 0 Å². The summed E-state index contributed by atoms with van der Waals surface area (Å²) in [5.74, 6) is 0. The summed E-state index contributed by atoms with van der Waals surface area (Å²) in [6.07, 6.45) is 21.7. The highest BCUT2D eigenvalue weighted by Crippen LogP contribution is 2.58. The summed E-state index contributed by atoms with van der Waals surface area (Å²) >= 11 is 0. The van der Waals surface area contributed by atoms with Gasteiger partial charge in [0.05, 0.1) is 5.41 Å². The van der Waals surface area contributed by atoms with E-state index >= 15 is 0 Å². The third-order valence-electron chi connectivity index (χ3n) is 10.5. The molecule has 1 atom stereocenters. The molecule has 0 nitrogen and oxygen atoms in total. The molecule has 0 aliphatic heterocycles. The van der Waals surface area contributed by atoms with Crippen molar-refractivity contribution in [2.24, 2.45) is 0 Å². The Balaban J connectivity index is 1.58. The van der Waals surface area contributed by atoms with E-state index in [4.69, 9.17) is 0 Å². The van der Waals surface area contributed by atoms with Crippen molar-refractivity contribution in [3.05, 3.63) is 252 Å². The highest BCUT2D eigenvalue weighted by Gasteiger charge is 2.47. The van der Waals surface area contributed by atoms with Gasteiger partial charge in [-0.05, 0) is 124 Å². The molecule has 0 radical (unpaired) electrons. The Morgan fingerprint density at radius 1 is 0.630 bits per heavy atom. The van der Waals surface area contributed by atoms with Crippen LogP contribution in [0, 0.1) is 0 Å². The van der Waals surface area contributed by atoms with Crippen LogP contribution in [0.1, 0.15) is 49.9 Å². The SMILES string of the molecule is C=C/C=C\C(=C/C)C1(c2ccccc2)c2ccccc2-c2c(-c3cc(C/C(C=C)=C/C=C(C)/C(/C=C\C)=C(\C)C=C)cc(-c4ccccc4)c3)cccc21. The molecule has 266 valence electrons. The fraction of sp³-hybridized carbons (Fsp3) is 0.111. The lowest BCUT2D eigenvalue weighted by Gasteiger charge is -2.34. The van der Waals surface area contributed by atoms with Crippen LogP contribution in [0.15, 0.2) is 230 Å². The van der Waals surface area contributed by atoms with E-state index in [1.54, 1.807) is 0 Å². The minimum atomic E-state index is -0.496. The highest BCUT2D eigenvalue weighted by atomic mass is 14.5. The predicted octanol–water partition coefficient (Wildman–Crippen LogP) is 14.7. The van der Waals surface area contributed by atoms with Gasteiger partial charge in [-0.2, -0.15) is 0 Å². The van der Waals surface area contributed by atoms with E-state index in [0.29, 0.717) is 0 Å². The summed E-state index contributed by atoms with van der Waals surface area (Å²) in [7, 11) is 0. The summed E-state index contributed by atoms with van der Waals surface area (Å²) in [6, 6.07) is 44.6. The van der Waals surface area contributed by atoms with Crippen LogP contribution < -0.4 is 0 Å². The molecular formula is C54H50. The van der Waals surface area contributed by atoms with Gasteiger partial charge in [-0.1, -0.05) is 196 Å². The molecule has 1 aliphatic carbocycles. The molecule has 1 aliphatic rings. The Labute approximate surface area is 323 Å². The number of allylic oxidation sites excluding steroid dienone is 15. The van der Waals surface area contributed by atoms with Gasteiger partial charge in [0.2, 0.25) is 0 Å². The summed E-state index contributed by atoms with van der Waals surface area (Å²) in [5, 5.41) is 0. The van der Waals surface area contributed by atoms with Crippen molar-refractivity contribution in [3.63, 3.8) is 0 Å². The zero-order chi connectivity index (χ0) is 38.1. The van der Waals surface area contributed by atoms with Crippen molar-refractivity contribution in [1.29, 1.82) is 0 Å². The van der Waals surface area contributed by atoms with Crippen molar-refractivity contribution in [3.8, 4) is 33.4 Å². The fourth-order valence-corrected chi connectivity index (χ4v) is 8.01. The van der Waals surface area contributed by atoms with Crippen molar-refractivity contribution in [2.45, 2.75) is 39.5 Å². The van der Waals surface area contributed by atoms with Crippen LogP contribution in [0.3, 0.4) is 0 Å². The van der Waals surface area contributed by atoms with Crippen LogP contribution in [0.5, 0.6) is 0 Å². The van der Waals surface area contributed by atoms with Crippen molar-refractivity contribution >= 4 is 0 Å². The number of fused-ring (bicyclic) bond motifs is 3. The van der Waals surface area contributed by atoms with E-state index in [0.717, 1.165) is 17.6 Å². The van der Waals surface area contributed by atoms with E-state index in [1.807, 2.05) is 25.2 Å². The number of hydrogen-bond donors (Lipinski definition) is 0. The van der Waals surface area contributed by atoms with Crippen molar-refractivity contribution < 1.29 is 0 Å². The van der Waals surface area contributed by atoms with Crippen LogP contribution in [0.2, 0.25) is 0 Å². The quantitative estimate of drug-likeness (QED) is 0.107. The smallest absolute Gasteiger partial charge is 0.0710 e. The second kappa shape index (κ2) is 17.1. The summed E-state index contributed by atoms with van der Waals surface area (Å²) in [6.45, 7) is 20.7. The van der Waals surface area contributed by atoms with E-state index in [9.17, 15) is 0 Å². The lowest BCUT2D eigenvalue weighted by molar-refractivity contribution is 0.765. The van der Waals surface area contributed by atoms with E-state index in [2.05, 4.69) is 204 Å². The van der Waals surface area contributed by atoms with Crippen LogP contribution in [0.4, 0.5) is 0 Å². The molecular weight excluding hydrogens is 649 g/mol. The second-order valence-corrected chi connectivity index (χ2v) is 13.8. The zero-order valence-electron chi connectivity index (χ0n) is 32.1. The Bertz CT molecular complexity index is 2370. The third-order valence-corrected chi connectivity index (χ3v) is 10.5. The maximum absolute atomic E-state index is 4.23. The molecule has 0 aromatic heterocycles. The first-order chi connectivity index (χ1) is 26.4. The molecule has 0 fully saturated rings. The first-order valence-electron chi connectivity index (χ1n) is 18.8. The topological polar surface area (TPSA) is 0 Å². The Hall–Kier alpha value is -6.24. The van der Waals surface area contributed by atoms with E-state index < -0.39 is 5.41 Å². The fourth-order valence-electron chi connectivity index (χ4n) is 8.01. The minimum absolute atomic E-state index is 0.496. The molecule has 0 heterocycles. The lowest BCUT2D eigenvalue weighted by atomic mass is 9.67. The molecule has 0 amide bonds. The van der Waals surface area contributed by atoms with Crippen LogP contribution in [-0.2, 0) is 11.8 Å². The third kappa shape index (κ3) is 7.21. The normalized spacial score (nSPS) is 16.3. The second-order valence-electron chi connectivity index (χ2n) is 13.8. The Morgan fingerprint density at radius 3 is 1.98 bits per heavy atom. The maximum Gasteiger partial charge on any atom is 0.0710 e. The largest absolute Gasteiger partial charge is 0.0991 e. The van der Waals surface area contributed by atoms with Crippen LogP contribution in [-0.4, -0.2) is 0 Å². The molecule has 0 heteroatoms. The lowest BCUT2D eigenvalue weighted by Crippen LogP contribution is -2.29. The summed E-state index contributed by atoms with van der Waals surface area (Å²) in [5.41, 5.74) is 17.8. The first kappa shape index (κ1) is 37.5. The van der Waals surface area contributed by atoms with Crippen LogP contribution in [0.25, 0.3) is 33.4 Å². The molecule has 0 N–H and O–H groups in total. The molecule has 0 spiro atoms. The number of benzene rings is 5. The first-order valence-corrected chi connectivity index (χ1v) is 18.8. The van der Waals surface area contributed by atoms with E-state index in [-0.39, 0.29) is 0 Å².